The predicted octanol–water partition coefficient (Wildman–Crippen LogP) is 3.72. The minimum atomic E-state index is -0.177. The van der Waals surface area contributed by atoms with E-state index in [0.717, 1.165) is 31.3 Å². The third kappa shape index (κ3) is 2.84. The van der Waals surface area contributed by atoms with E-state index in [0.29, 0.717) is 19.1 Å². The van der Waals surface area contributed by atoms with Gasteiger partial charge in [-0.05, 0) is 45.1 Å². The molecular formula is C19H24O3. The summed E-state index contributed by atoms with van der Waals surface area (Å²) in [5, 5.41) is 0. The zero-order valence-electron chi connectivity index (χ0n) is 13.3. The van der Waals surface area contributed by atoms with Crippen molar-refractivity contribution in [1.29, 1.82) is 0 Å². The molecule has 118 valence electrons. The summed E-state index contributed by atoms with van der Waals surface area (Å²) in [5.41, 5.74) is 4.74. The normalized spacial score (nSPS) is 39.5. The Morgan fingerprint density at radius 1 is 1.41 bits per heavy atom. The van der Waals surface area contributed by atoms with E-state index in [4.69, 9.17) is 9.47 Å². The first-order chi connectivity index (χ1) is 10.5. The Bertz CT molecular complexity index is 567. The van der Waals surface area contributed by atoms with E-state index in [1.165, 1.54) is 5.57 Å². The van der Waals surface area contributed by atoms with Gasteiger partial charge in [0, 0.05) is 17.4 Å². The van der Waals surface area contributed by atoms with Crippen LogP contribution in [0.15, 0.2) is 42.2 Å². The number of epoxide rings is 1. The van der Waals surface area contributed by atoms with Crippen LogP contribution in [-0.4, -0.2) is 24.3 Å². The molecule has 3 aliphatic rings. The van der Waals surface area contributed by atoms with Gasteiger partial charge in [-0.2, -0.15) is 0 Å². The molecule has 2 heterocycles. The second-order valence-electron chi connectivity index (χ2n) is 6.77. The molecule has 4 atom stereocenters. The van der Waals surface area contributed by atoms with Crippen molar-refractivity contribution in [3.05, 3.63) is 42.2 Å². The van der Waals surface area contributed by atoms with Gasteiger partial charge in [0.1, 0.15) is 0 Å². The number of carbonyl (C=O) groups excluding carboxylic acids is 1. The summed E-state index contributed by atoms with van der Waals surface area (Å²) in [6.45, 7) is 10.5. The van der Waals surface area contributed by atoms with Gasteiger partial charge in [0.05, 0.1) is 18.3 Å². The first kappa shape index (κ1) is 15.3. The highest BCUT2D eigenvalue weighted by Gasteiger charge is 2.53. The van der Waals surface area contributed by atoms with E-state index in [1.54, 1.807) is 0 Å². The largest absolute Gasteiger partial charge is 0.462 e. The smallest absolute Gasteiger partial charge is 0.334 e. The molecule has 0 radical (unpaired) electrons. The molecule has 1 aliphatic carbocycles. The van der Waals surface area contributed by atoms with Crippen LogP contribution < -0.4 is 0 Å². The standard InChI is InChI=1S/C19H24O3/c1-4-5-6-7-15-14-10-11-19(3)17(22-19)9-8-13(2)16(14)12-21-18(15)20/h5,7,14,16-17H,1-2,6,8-12H2,3H3/b15-7+/t14-,16+,17+,19+/m1/s1. The number of hydrogen-bond acceptors (Lipinski definition) is 3. The van der Waals surface area contributed by atoms with Crippen molar-refractivity contribution in [2.24, 2.45) is 11.8 Å². The number of ether oxygens (including phenoxy) is 2. The summed E-state index contributed by atoms with van der Waals surface area (Å²) >= 11 is 0. The van der Waals surface area contributed by atoms with E-state index in [-0.39, 0.29) is 23.4 Å². The predicted molar refractivity (Wildman–Crippen MR) is 85.2 cm³/mol. The second-order valence-corrected chi connectivity index (χ2v) is 6.77. The lowest BCUT2D eigenvalue weighted by atomic mass is 9.76. The molecule has 0 amide bonds. The van der Waals surface area contributed by atoms with E-state index in [2.05, 4.69) is 25.8 Å². The Morgan fingerprint density at radius 2 is 2.23 bits per heavy atom. The fraction of sp³-hybridized carbons (Fsp3) is 0.579. The first-order valence-corrected chi connectivity index (χ1v) is 8.12. The highest BCUT2D eigenvalue weighted by atomic mass is 16.6. The monoisotopic (exact) mass is 300 g/mol. The Balaban J connectivity index is 1.86. The number of fused-ring (bicyclic) bond motifs is 2. The third-order valence-corrected chi connectivity index (χ3v) is 5.35. The van der Waals surface area contributed by atoms with Gasteiger partial charge < -0.3 is 9.47 Å². The molecule has 1 saturated carbocycles. The maximum Gasteiger partial charge on any atom is 0.334 e. The summed E-state index contributed by atoms with van der Waals surface area (Å²) in [6, 6.07) is 0. The SMILES string of the molecule is C=C=CC/C=C1/C(=O)OC[C@H]2C(=C)CC[C@@H]3O[C@@]3(C)CC[C@H]12. The van der Waals surface area contributed by atoms with Crippen molar-refractivity contribution in [3.8, 4) is 0 Å². The van der Waals surface area contributed by atoms with E-state index in [9.17, 15) is 4.79 Å². The van der Waals surface area contributed by atoms with Crippen molar-refractivity contribution in [2.75, 3.05) is 6.61 Å². The van der Waals surface area contributed by atoms with E-state index < -0.39 is 0 Å². The van der Waals surface area contributed by atoms with Crippen LogP contribution in [-0.2, 0) is 14.3 Å². The third-order valence-electron chi connectivity index (χ3n) is 5.35. The molecule has 0 bridgehead atoms. The average molecular weight is 300 g/mol. The van der Waals surface area contributed by atoms with Crippen LogP contribution in [0.1, 0.15) is 39.0 Å². The van der Waals surface area contributed by atoms with E-state index in [1.807, 2.05) is 12.2 Å². The molecule has 2 aliphatic heterocycles. The summed E-state index contributed by atoms with van der Waals surface area (Å²) in [7, 11) is 0. The molecule has 0 N–H and O–H groups in total. The molecular weight excluding hydrogens is 276 g/mol. The van der Waals surface area contributed by atoms with Gasteiger partial charge in [0.2, 0.25) is 0 Å². The van der Waals surface area contributed by atoms with E-state index >= 15 is 0 Å². The zero-order chi connectivity index (χ0) is 15.7. The fourth-order valence-corrected chi connectivity index (χ4v) is 3.82. The molecule has 0 aromatic heterocycles. The van der Waals surface area contributed by atoms with Crippen molar-refractivity contribution < 1.29 is 14.3 Å². The molecule has 22 heavy (non-hydrogen) atoms. The number of carbonyl (C=O) groups is 1. The first-order valence-electron chi connectivity index (χ1n) is 8.12. The number of esters is 1. The molecule has 3 rings (SSSR count). The lowest BCUT2D eigenvalue weighted by molar-refractivity contribution is -0.144. The lowest BCUT2D eigenvalue weighted by Gasteiger charge is -2.34. The van der Waals surface area contributed by atoms with Crippen LogP contribution in [0.3, 0.4) is 0 Å². The van der Waals surface area contributed by atoms with Gasteiger partial charge in [0.15, 0.2) is 0 Å². The van der Waals surface area contributed by atoms with Crippen LogP contribution in [0.25, 0.3) is 0 Å². The summed E-state index contributed by atoms with van der Waals surface area (Å²) in [6.07, 6.45) is 8.76. The molecule has 0 unspecified atom stereocenters. The molecule has 2 saturated heterocycles. The topological polar surface area (TPSA) is 38.8 Å². The molecule has 0 aromatic rings. The van der Waals surface area contributed by atoms with Gasteiger partial charge in [0.25, 0.3) is 0 Å². The number of cyclic esters (lactones) is 1. The Morgan fingerprint density at radius 3 is 3.00 bits per heavy atom. The van der Waals surface area contributed by atoms with Crippen LogP contribution in [0.4, 0.5) is 0 Å². The quantitative estimate of drug-likeness (QED) is 0.256. The Hall–Kier alpha value is -1.57. The second kappa shape index (κ2) is 5.91. The van der Waals surface area contributed by atoms with Crippen LogP contribution in [0, 0.1) is 11.8 Å². The molecule has 3 heteroatoms. The van der Waals surface area contributed by atoms with Gasteiger partial charge in [-0.1, -0.05) is 24.8 Å². The molecule has 0 aromatic carbocycles. The summed E-state index contributed by atoms with van der Waals surface area (Å²) in [4.78, 5) is 12.2. The minimum absolute atomic E-state index is 0.00263. The van der Waals surface area contributed by atoms with Gasteiger partial charge in [-0.25, -0.2) is 4.79 Å². The molecule has 0 spiro atoms. The van der Waals surface area contributed by atoms with Gasteiger partial charge >= 0.3 is 5.97 Å². The van der Waals surface area contributed by atoms with Crippen molar-refractivity contribution in [2.45, 2.75) is 50.7 Å². The Kier molecular flexibility index (Phi) is 4.12. The van der Waals surface area contributed by atoms with Crippen LogP contribution >= 0.6 is 0 Å². The van der Waals surface area contributed by atoms with Gasteiger partial charge in [-0.3, -0.25) is 0 Å². The Labute approximate surface area is 132 Å². The lowest BCUT2D eigenvalue weighted by Crippen LogP contribution is -2.34. The number of hydrogen-bond donors (Lipinski definition) is 0. The molecule has 3 nitrogen and oxygen atoms in total. The zero-order valence-corrected chi connectivity index (χ0v) is 13.3. The number of allylic oxidation sites excluding steroid dienone is 2. The molecule has 3 fully saturated rings. The summed E-state index contributed by atoms with van der Waals surface area (Å²) in [5.74, 6) is 0.272. The van der Waals surface area contributed by atoms with Crippen LogP contribution in [0.5, 0.6) is 0 Å². The maximum atomic E-state index is 12.2. The summed E-state index contributed by atoms with van der Waals surface area (Å²) < 4.78 is 11.3. The average Bonchev–Trinajstić information content (AvgIpc) is 3.14. The minimum Gasteiger partial charge on any atom is -0.462 e. The highest BCUT2D eigenvalue weighted by molar-refractivity contribution is 5.90. The fourth-order valence-electron chi connectivity index (χ4n) is 3.82. The van der Waals surface area contributed by atoms with Crippen molar-refractivity contribution >= 4 is 5.97 Å². The van der Waals surface area contributed by atoms with Gasteiger partial charge in [-0.15, -0.1) is 5.73 Å². The number of rotatable bonds is 2. The maximum absolute atomic E-state index is 12.2. The van der Waals surface area contributed by atoms with Crippen molar-refractivity contribution in [3.63, 3.8) is 0 Å². The van der Waals surface area contributed by atoms with Crippen molar-refractivity contribution in [1.82, 2.24) is 0 Å². The van der Waals surface area contributed by atoms with Crippen LogP contribution in [0.2, 0.25) is 0 Å². The highest BCUT2D eigenvalue weighted by Crippen LogP contribution is 2.49.